The van der Waals surface area contributed by atoms with Crippen LogP contribution in [-0.4, -0.2) is 25.0 Å². The van der Waals surface area contributed by atoms with Crippen LogP contribution in [0.3, 0.4) is 0 Å². The molecule has 2 rings (SSSR count). The van der Waals surface area contributed by atoms with Gasteiger partial charge in [0.1, 0.15) is 6.23 Å². The highest BCUT2D eigenvalue weighted by atomic mass is 16.6. The summed E-state index contributed by atoms with van der Waals surface area (Å²) in [6.45, 7) is 9.85. The molecule has 5 unspecified atom stereocenters. The standard InChI is InChI=1S/C15H29NO2/c1-10(2)12-6-5-7-15(4,14-9-17-14)8-13(12)18-11(3)16/h10-14H,5-9,16H2,1-4H3. The second kappa shape index (κ2) is 5.48. The normalized spacial score (nSPS) is 42.7. The quantitative estimate of drug-likeness (QED) is 0.477. The molecule has 2 aliphatic rings. The molecule has 0 spiro atoms. The first kappa shape index (κ1) is 14.3. The molecule has 0 aromatic carbocycles. The van der Waals surface area contributed by atoms with E-state index in [1.54, 1.807) is 0 Å². The van der Waals surface area contributed by atoms with E-state index in [4.69, 9.17) is 15.2 Å². The molecule has 0 radical (unpaired) electrons. The van der Waals surface area contributed by atoms with Crippen molar-refractivity contribution in [3.05, 3.63) is 0 Å². The zero-order valence-electron chi connectivity index (χ0n) is 12.3. The van der Waals surface area contributed by atoms with Crippen molar-refractivity contribution in [3.63, 3.8) is 0 Å². The highest BCUT2D eigenvalue weighted by Crippen LogP contribution is 2.47. The summed E-state index contributed by atoms with van der Waals surface area (Å²) in [6, 6.07) is 0. The first-order valence-corrected chi connectivity index (χ1v) is 7.45. The number of epoxide rings is 1. The number of rotatable bonds is 4. The van der Waals surface area contributed by atoms with E-state index in [1.165, 1.54) is 19.3 Å². The Bertz CT molecular complexity index is 276. The summed E-state index contributed by atoms with van der Waals surface area (Å²) in [6.07, 6.45) is 5.50. The van der Waals surface area contributed by atoms with Gasteiger partial charge in [0.05, 0.1) is 18.8 Å². The first-order chi connectivity index (χ1) is 8.42. The second-order valence-corrected chi connectivity index (χ2v) is 6.86. The van der Waals surface area contributed by atoms with Crippen LogP contribution in [0.2, 0.25) is 0 Å². The molecule has 2 N–H and O–H groups in total. The summed E-state index contributed by atoms with van der Waals surface area (Å²) < 4.78 is 11.6. The molecular weight excluding hydrogens is 226 g/mol. The molecule has 18 heavy (non-hydrogen) atoms. The van der Waals surface area contributed by atoms with Crippen LogP contribution >= 0.6 is 0 Å². The number of hydrogen-bond acceptors (Lipinski definition) is 3. The lowest BCUT2D eigenvalue weighted by atomic mass is 9.77. The third kappa shape index (κ3) is 3.25. The van der Waals surface area contributed by atoms with Crippen molar-refractivity contribution >= 4 is 0 Å². The Morgan fingerprint density at radius 2 is 2.00 bits per heavy atom. The van der Waals surface area contributed by atoms with Crippen LogP contribution in [0.15, 0.2) is 0 Å². The molecule has 5 atom stereocenters. The molecule has 2 fully saturated rings. The minimum absolute atomic E-state index is 0.168. The second-order valence-electron chi connectivity index (χ2n) is 6.86. The summed E-state index contributed by atoms with van der Waals surface area (Å²) in [7, 11) is 0. The van der Waals surface area contributed by atoms with Gasteiger partial charge in [-0.25, -0.2) is 0 Å². The van der Waals surface area contributed by atoms with Crippen molar-refractivity contribution in [1.82, 2.24) is 0 Å². The van der Waals surface area contributed by atoms with E-state index in [-0.39, 0.29) is 6.23 Å². The average Bonchev–Trinajstić information content (AvgIpc) is 3.03. The van der Waals surface area contributed by atoms with Gasteiger partial charge in [-0.2, -0.15) is 0 Å². The fraction of sp³-hybridized carbons (Fsp3) is 1.00. The van der Waals surface area contributed by atoms with Gasteiger partial charge in [0, 0.05) is 0 Å². The van der Waals surface area contributed by atoms with Crippen LogP contribution in [0.5, 0.6) is 0 Å². The summed E-state index contributed by atoms with van der Waals surface area (Å²) in [5.74, 6) is 1.30. The van der Waals surface area contributed by atoms with E-state index < -0.39 is 0 Å². The van der Waals surface area contributed by atoms with Crippen LogP contribution in [0.25, 0.3) is 0 Å². The third-order valence-electron chi connectivity index (χ3n) is 4.79. The van der Waals surface area contributed by atoms with Crippen LogP contribution in [-0.2, 0) is 9.47 Å². The minimum Gasteiger partial charge on any atom is -0.373 e. The maximum Gasteiger partial charge on any atom is 0.103 e. The highest BCUT2D eigenvalue weighted by molar-refractivity contribution is 4.96. The molecule has 0 aromatic heterocycles. The number of hydrogen-bond donors (Lipinski definition) is 1. The smallest absolute Gasteiger partial charge is 0.103 e. The minimum atomic E-state index is -0.168. The number of ether oxygens (including phenoxy) is 2. The van der Waals surface area contributed by atoms with Gasteiger partial charge in [0.15, 0.2) is 0 Å². The predicted octanol–water partition coefficient (Wildman–Crippen LogP) is 2.93. The van der Waals surface area contributed by atoms with Crippen LogP contribution in [0, 0.1) is 17.3 Å². The Kier molecular flexibility index (Phi) is 4.35. The maximum absolute atomic E-state index is 6.04. The van der Waals surface area contributed by atoms with Crippen molar-refractivity contribution in [2.24, 2.45) is 23.0 Å². The summed E-state index contributed by atoms with van der Waals surface area (Å²) in [5.41, 5.74) is 6.16. The van der Waals surface area contributed by atoms with Gasteiger partial charge in [-0.3, -0.25) is 0 Å². The van der Waals surface area contributed by atoms with Crippen molar-refractivity contribution in [3.8, 4) is 0 Å². The Balaban J connectivity index is 2.10. The molecule has 0 aromatic rings. The molecule has 1 saturated heterocycles. The van der Waals surface area contributed by atoms with Gasteiger partial charge in [0.2, 0.25) is 0 Å². The molecule has 1 heterocycles. The SMILES string of the molecule is CC(N)OC1CC(C)(C2CO2)CCCC1C(C)C. The molecule has 1 aliphatic heterocycles. The molecule has 3 heteroatoms. The first-order valence-electron chi connectivity index (χ1n) is 7.45. The summed E-state index contributed by atoms with van der Waals surface area (Å²) in [5, 5.41) is 0. The van der Waals surface area contributed by atoms with Gasteiger partial charge in [-0.15, -0.1) is 0 Å². The lowest BCUT2D eigenvalue weighted by Crippen LogP contribution is -2.38. The zero-order valence-corrected chi connectivity index (χ0v) is 12.3. The fourth-order valence-electron chi connectivity index (χ4n) is 3.57. The van der Waals surface area contributed by atoms with Crippen molar-refractivity contribution in [2.75, 3.05) is 6.61 Å². The maximum atomic E-state index is 6.04. The fourth-order valence-corrected chi connectivity index (χ4v) is 3.57. The largest absolute Gasteiger partial charge is 0.373 e. The molecule has 1 saturated carbocycles. The Morgan fingerprint density at radius 1 is 1.33 bits per heavy atom. The van der Waals surface area contributed by atoms with Gasteiger partial charge < -0.3 is 15.2 Å². The Hall–Kier alpha value is -0.120. The molecule has 0 amide bonds. The van der Waals surface area contributed by atoms with E-state index in [0.29, 0.717) is 29.5 Å². The van der Waals surface area contributed by atoms with Crippen molar-refractivity contribution < 1.29 is 9.47 Å². The van der Waals surface area contributed by atoms with Crippen LogP contribution in [0.4, 0.5) is 0 Å². The predicted molar refractivity (Wildman–Crippen MR) is 73.2 cm³/mol. The zero-order chi connectivity index (χ0) is 13.3. The molecule has 1 aliphatic carbocycles. The van der Waals surface area contributed by atoms with E-state index in [0.717, 1.165) is 13.0 Å². The molecular formula is C15H29NO2. The van der Waals surface area contributed by atoms with Gasteiger partial charge in [-0.05, 0) is 43.4 Å². The summed E-state index contributed by atoms with van der Waals surface area (Å²) >= 11 is 0. The lowest BCUT2D eigenvalue weighted by molar-refractivity contribution is -0.0622. The van der Waals surface area contributed by atoms with Crippen LogP contribution in [0.1, 0.15) is 53.4 Å². The monoisotopic (exact) mass is 255 g/mol. The van der Waals surface area contributed by atoms with E-state index >= 15 is 0 Å². The summed E-state index contributed by atoms with van der Waals surface area (Å²) in [4.78, 5) is 0. The van der Waals surface area contributed by atoms with E-state index in [2.05, 4.69) is 20.8 Å². The third-order valence-corrected chi connectivity index (χ3v) is 4.79. The van der Waals surface area contributed by atoms with E-state index in [1.807, 2.05) is 6.92 Å². The molecule has 3 nitrogen and oxygen atoms in total. The Morgan fingerprint density at radius 3 is 2.50 bits per heavy atom. The average molecular weight is 255 g/mol. The Labute approximate surface area is 111 Å². The van der Waals surface area contributed by atoms with Gasteiger partial charge in [0.25, 0.3) is 0 Å². The van der Waals surface area contributed by atoms with Gasteiger partial charge >= 0.3 is 0 Å². The van der Waals surface area contributed by atoms with Crippen molar-refractivity contribution in [1.29, 1.82) is 0 Å². The highest BCUT2D eigenvalue weighted by Gasteiger charge is 2.47. The van der Waals surface area contributed by atoms with E-state index in [9.17, 15) is 0 Å². The topological polar surface area (TPSA) is 47.8 Å². The van der Waals surface area contributed by atoms with Crippen LogP contribution < -0.4 is 5.73 Å². The molecule has 0 bridgehead atoms. The number of nitrogens with two attached hydrogens (primary N) is 1. The van der Waals surface area contributed by atoms with Crippen molar-refractivity contribution in [2.45, 2.75) is 71.8 Å². The lowest BCUT2D eigenvalue weighted by Gasteiger charge is -2.34. The van der Waals surface area contributed by atoms with Gasteiger partial charge in [-0.1, -0.05) is 27.2 Å². The molecule has 106 valence electrons.